The molecule has 0 aliphatic carbocycles. The maximum Gasteiger partial charge on any atom is 0.488 e. The number of benzene rings is 4. The summed E-state index contributed by atoms with van der Waals surface area (Å²) < 4.78 is 73.3. The normalized spacial score (nSPS) is 11.0. The Bertz CT molecular complexity index is 1490. The third-order valence-electron chi connectivity index (χ3n) is 6.10. The smallest absolute Gasteiger partial charge is 0.423 e. The van der Waals surface area contributed by atoms with Crippen molar-refractivity contribution in [1.29, 1.82) is 0 Å². The van der Waals surface area contributed by atoms with Crippen molar-refractivity contribution in [2.75, 3.05) is 0 Å². The van der Waals surface area contributed by atoms with E-state index in [4.69, 9.17) is 10.0 Å². The molecular formula is C32H28BBrF6O4. The molecule has 0 unspecified atom stereocenters. The first kappa shape index (κ1) is 36.5. The number of ketones is 2. The van der Waals surface area contributed by atoms with E-state index in [-0.39, 0.29) is 17.0 Å². The molecule has 0 spiro atoms. The summed E-state index contributed by atoms with van der Waals surface area (Å²) in [7, 11) is -1.73. The zero-order chi connectivity index (χ0) is 33.1. The number of alkyl halides is 7. The number of carbonyl (C=O) groups excluding carboxylic acids is 2. The van der Waals surface area contributed by atoms with Crippen molar-refractivity contribution in [2.24, 2.45) is 0 Å². The Hall–Kier alpha value is -3.74. The number of carbonyl (C=O) groups is 2. The molecule has 0 saturated heterocycles. The van der Waals surface area contributed by atoms with Crippen molar-refractivity contribution in [2.45, 2.75) is 38.0 Å². The van der Waals surface area contributed by atoms with Gasteiger partial charge in [-0.3, -0.25) is 9.59 Å². The van der Waals surface area contributed by atoms with Crippen LogP contribution in [0.5, 0.6) is 0 Å². The highest BCUT2D eigenvalue weighted by atomic mass is 79.9. The monoisotopic (exact) mass is 680 g/mol. The highest BCUT2D eigenvalue weighted by Crippen LogP contribution is 2.29. The van der Waals surface area contributed by atoms with Gasteiger partial charge >= 0.3 is 19.5 Å². The molecule has 4 aromatic carbocycles. The van der Waals surface area contributed by atoms with Crippen LogP contribution in [0.3, 0.4) is 0 Å². The van der Waals surface area contributed by atoms with E-state index < -0.39 is 30.6 Å². The Balaban J connectivity index is 0.000000244. The summed E-state index contributed by atoms with van der Waals surface area (Å²) in [6.45, 7) is 3.06. The fraction of sp³-hybridized carbons (Fsp3) is 0.188. The molecule has 0 aliphatic rings. The molecule has 0 aromatic heterocycles. The Morgan fingerprint density at radius 1 is 0.591 bits per heavy atom. The minimum Gasteiger partial charge on any atom is -0.423 e. The van der Waals surface area contributed by atoms with E-state index in [1.54, 1.807) is 19.1 Å². The Kier molecular flexibility index (Phi) is 13.6. The SMILES string of the molecule is CC(=O)c1ccc(CBr)cc1.CC(=O)c1ccc(Cc2ccc(C(F)(F)F)cc2)cc1.OB(O)c1ccc(C(F)(F)F)cc1. The Labute approximate surface area is 259 Å². The van der Waals surface area contributed by atoms with Crippen molar-refractivity contribution in [1.82, 2.24) is 0 Å². The van der Waals surface area contributed by atoms with Gasteiger partial charge in [0.25, 0.3) is 0 Å². The van der Waals surface area contributed by atoms with E-state index in [1.807, 2.05) is 36.4 Å². The molecule has 0 bridgehead atoms. The van der Waals surface area contributed by atoms with Crippen molar-refractivity contribution >= 4 is 40.1 Å². The predicted octanol–water partition coefficient (Wildman–Crippen LogP) is 7.67. The standard InChI is InChI=1S/C16H13F3O.C9H9BrO.C7H6BF3O2/c1-11(20)14-6-2-12(3-7-14)10-13-4-8-15(9-5-13)16(17,18)19;1-7(11)9-4-2-8(6-10)3-5-9;9-7(10,11)5-1-3-6(4-2-5)8(12)13/h2-9H,10H2,1H3;2-5H,6H2,1H3;1-4,12-13H. The lowest BCUT2D eigenvalue weighted by atomic mass is 9.80. The average Bonchev–Trinajstić information content (AvgIpc) is 2.97. The molecule has 0 heterocycles. The molecule has 0 radical (unpaired) electrons. The number of rotatable bonds is 6. The lowest BCUT2D eigenvalue weighted by Crippen LogP contribution is -2.29. The van der Waals surface area contributed by atoms with Gasteiger partial charge in [0.1, 0.15) is 0 Å². The summed E-state index contributed by atoms with van der Waals surface area (Å²) in [5.74, 6) is 0.109. The fourth-order valence-electron chi connectivity index (χ4n) is 3.58. The second-order valence-corrected chi connectivity index (χ2v) is 10.1. The van der Waals surface area contributed by atoms with Crippen LogP contribution in [0.2, 0.25) is 0 Å². The molecule has 4 aromatic rings. The summed E-state index contributed by atoms with van der Waals surface area (Å²) in [6.07, 6.45) is -8.16. The fourth-order valence-corrected chi connectivity index (χ4v) is 3.95. The van der Waals surface area contributed by atoms with Gasteiger partial charge in [-0.25, -0.2) is 0 Å². The van der Waals surface area contributed by atoms with Crippen LogP contribution >= 0.6 is 15.9 Å². The van der Waals surface area contributed by atoms with Gasteiger partial charge in [0, 0.05) is 16.5 Å². The van der Waals surface area contributed by atoms with Crippen LogP contribution in [-0.2, 0) is 24.1 Å². The van der Waals surface area contributed by atoms with Crippen LogP contribution in [0.1, 0.15) is 62.4 Å². The molecule has 44 heavy (non-hydrogen) atoms. The number of hydrogen-bond donors (Lipinski definition) is 2. The van der Waals surface area contributed by atoms with E-state index in [0.717, 1.165) is 58.4 Å². The van der Waals surface area contributed by atoms with Crippen LogP contribution in [0.25, 0.3) is 0 Å². The van der Waals surface area contributed by atoms with Crippen LogP contribution in [-0.4, -0.2) is 28.7 Å². The third-order valence-corrected chi connectivity index (χ3v) is 6.75. The third kappa shape index (κ3) is 12.1. The highest BCUT2D eigenvalue weighted by molar-refractivity contribution is 9.08. The van der Waals surface area contributed by atoms with E-state index in [2.05, 4.69) is 15.9 Å². The van der Waals surface area contributed by atoms with Crippen molar-refractivity contribution in [3.05, 3.63) is 136 Å². The van der Waals surface area contributed by atoms with E-state index >= 15 is 0 Å². The van der Waals surface area contributed by atoms with Crippen molar-refractivity contribution in [3.8, 4) is 0 Å². The number of halogens is 7. The molecule has 232 valence electrons. The minimum absolute atomic E-state index is 0.00826. The maximum absolute atomic E-state index is 12.4. The van der Waals surface area contributed by atoms with Gasteiger partial charge in [0.2, 0.25) is 0 Å². The summed E-state index contributed by atoms with van der Waals surface area (Å²) in [4.78, 5) is 22.0. The molecule has 4 rings (SSSR count). The first-order chi connectivity index (χ1) is 20.5. The predicted molar refractivity (Wildman–Crippen MR) is 161 cm³/mol. The molecule has 12 heteroatoms. The van der Waals surface area contributed by atoms with Crippen LogP contribution in [0.4, 0.5) is 26.3 Å². The topological polar surface area (TPSA) is 74.6 Å². The summed E-state index contributed by atoms with van der Waals surface area (Å²) in [5.41, 5.74) is 2.92. The highest BCUT2D eigenvalue weighted by Gasteiger charge is 2.31. The first-order valence-electron chi connectivity index (χ1n) is 13.0. The largest absolute Gasteiger partial charge is 0.488 e. The van der Waals surface area contributed by atoms with E-state index in [1.165, 1.54) is 24.6 Å². The minimum atomic E-state index is -4.39. The zero-order valence-corrected chi connectivity index (χ0v) is 25.2. The van der Waals surface area contributed by atoms with Gasteiger partial charge in [-0.15, -0.1) is 0 Å². The van der Waals surface area contributed by atoms with Crippen LogP contribution in [0, 0.1) is 0 Å². The summed E-state index contributed by atoms with van der Waals surface area (Å²) in [5, 5.41) is 18.0. The lowest BCUT2D eigenvalue weighted by Gasteiger charge is -2.08. The quantitative estimate of drug-likeness (QED) is 0.0949. The number of Topliss-reactive ketones (excluding diaryl/α,β-unsaturated/α-hetero) is 2. The van der Waals surface area contributed by atoms with Crippen molar-refractivity contribution in [3.63, 3.8) is 0 Å². The van der Waals surface area contributed by atoms with E-state index in [0.29, 0.717) is 12.0 Å². The average molecular weight is 681 g/mol. The molecular weight excluding hydrogens is 653 g/mol. The van der Waals surface area contributed by atoms with Crippen LogP contribution in [0.15, 0.2) is 97.1 Å². The molecule has 0 saturated carbocycles. The first-order valence-corrected chi connectivity index (χ1v) is 14.1. The molecule has 0 amide bonds. The molecule has 2 N–H and O–H groups in total. The number of hydrogen-bond acceptors (Lipinski definition) is 4. The maximum atomic E-state index is 12.4. The second-order valence-electron chi connectivity index (χ2n) is 9.50. The summed E-state index contributed by atoms with van der Waals surface area (Å²) >= 11 is 3.33. The van der Waals surface area contributed by atoms with Gasteiger partial charge in [-0.2, -0.15) is 26.3 Å². The van der Waals surface area contributed by atoms with Crippen LogP contribution < -0.4 is 5.46 Å². The zero-order valence-electron chi connectivity index (χ0n) is 23.6. The van der Waals surface area contributed by atoms with E-state index in [9.17, 15) is 35.9 Å². The van der Waals surface area contributed by atoms with Gasteiger partial charge < -0.3 is 10.0 Å². The molecule has 4 nitrogen and oxygen atoms in total. The summed E-state index contributed by atoms with van der Waals surface area (Å²) in [6, 6.07) is 23.4. The molecule has 0 aliphatic heterocycles. The van der Waals surface area contributed by atoms with Gasteiger partial charge in [0.15, 0.2) is 11.6 Å². The van der Waals surface area contributed by atoms with Gasteiger partial charge in [-0.1, -0.05) is 101 Å². The van der Waals surface area contributed by atoms with Crippen molar-refractivity contribution < 1.29 is 46.0 Å². The Morgan fingerprint density at radius 2 is 0.909 bits per heavy atom. The molecule has 0 atom stereocenters. The molecule has 0 fully saturated rings. The van der Waals surface area contributed by atoms with Gasteiger partial charge in [0.05, 0.1) is 11.1 Å². The second kappa shape index (κ2) is 16.4. The lowest BCUT2D eigenvalue weighted by molar-refractivity contribution is -0.138. The Morgan fingerprint density at radius 3 is 1.20 bits per heavy atom. The van der Waals surface area contributed by atoms with Gasteiger partial charge in [-0.05, 0) is 54.6 Å².